The first-order valence-corrected chi connectivity index (χ1v) is 9.54. The third-order valence-electron chi connectivity index (χ3n) is 4.41. The van der Waals surface area contributed by atoms with E-state index in [-0.39, 0.29) is 37.8 Å². The van der Waals surface area contributed by atoms with Crippen LogP contribution in [0.5, 0.6) is 0 Å². The van der Waals surface area contributed by atoms with Gasteiger partial charge in [0.15, 0.2) is 0 Å². The number of halogens is 3. The number of aryl methyl sites for hydroxylation is 1. The zero-order chi connectivity index (χ0) is 20.7. The molecule has 0 N–H and O–H groups in total. The number of imidazole rings is 1. The number of hydrogen-bond donors (Lipinski definition) is 0. The zero-order valence-corrected chi connectivity index (χ0v) is 15.4. The molecule has 0 aliphatic carbocycles. The third kappa shape index (κ3) is 3.54. The Balaban J connectivity index is 1.85. The van der Waals surface area contributed by atoms with E-state index in [9.17, 15) is 31.7 Å². The molecule has 3 rings (SSSR count). The normalized spacial score (nSPS) is 16.4. The molecule has 0 atom stereocenters. The van der Waals surface area contributed by atoms with Gasteiger partial charge in [-0.25, -0.2) is 8.42 Å². The molecule has 13 heteroatoms. The number of alkyl halides is 3. The summed E-state index contributed by atoms with van der Waals surface area (Å²) in [6.45, 7) is -0.0741. The maximum Gasteiger partial charge on any atom is 0.417 e. The molecule has 1 aliphatic rings. The van der Waals surface area contributed by atoms with Crippen molar-refractivity contribution in [2.75, 3.05) is 31.1 Å². The number of nitrogens with zero attached hydrogens (tertiary/aromatic N) is 5. The fourth-order valence-corrected chi connectivity index (χ4v) is 4.74. The Hall–Kier alpha value is -2.67. The van der Waals surface area contributed by atoms with Gasteiger partial charge in [0, 0.05) is 33.2 Å². The summed E-state index contributed by atoms with van der Waals surface area (Å²) < 4.78 is 67.5. The molecule has 0 amide bonds. The van der Waals surface area contributed by atoms with Crippen molar-refractivity contribution in [2.24, 2.45) is 7.05 Å². The van der Waals surface area contributed by atoms with Crippen LogP contribution < -0.4 is 4.90 Å². The lowest BCUT2D eigenvalue weighted by Gasteiger charge is -2.34. The van der Waals surface area contributed by atoms with Gasteiger partial charge < -0.3 is 15.0 Å². The minimum absolute atomic E-state index is 0.0772. The Kier molecular flexibility index (Phi) is 5.06. The predicted molar refractivity (Wildman–Crippen MR) is 92.3 cm³/mol. The van der Waals surface area contributed by atoms with Gasteiger partial charge in [-0.15, -0.1) is 0 Å². The molecule has 2 heterocycles. The van der Waals surface area contributed by atoms with Crippen LogP contribution in [0.25, 0.3) is 0 Å². The van der Waals surface area contributed by atoms with Crippen molar-refractivity contribution in [3.63, 3.8) is 0 Å². The number of aromatic nitrogens is 2. The molecule has 0 saturated carbocycles. The summed E-state index contributed by atoms with van der Waals surface area (Å²) in [5.74, 6) is -0.140. The molecular formula is C15H16F3N5O4S. The van der Waals surface area contributed by atoms with Crippen LogP contribution in [0.4, 0.5) is 24.8 Å². The Morgan fingerprint density at radius 1 is 1.14 bits per heavy atom. The van der Waals surface area contributed by atoms with Gasteiger partial charge in [-0.3, -0.25) is 4.57 Å². The first-order valence-electron chi connectivity index (χ1n) is 8.10. The smallest absolute Gasteiger partial charge is 0.358 e. The lowest BCUT2D eigenvalue weighted by Crippen LogP contribution is -2.49. The molecule has 9 nitrogen and oxygen atoms in total. The minimum atomic E-state index is -4.80. The molecule has 28 heavy (non-hydrogen) atoms. The molecule has 0 bridgehead atoms. The van der Waals surface area contributed by atoms with Crippen molar-refractivity contribution in [3.05, 3.63) is 46.3 Å². The van der Waals surface area contributed by atoms with Crippen molar-refractivity contribution in [1.29, 1.82) is 0 Å². The molecular weight excluding hydrogens is 403 g/mol. The fraction of sp³-hybridized carbons (Fsp3) is 0.400. The van der Waals surface area contributed by atoms with E-state index in [1.54, 1.807) is 11.9 Å². The monoisotopic (exact) mass is 419 g/mol. The van der Waals surface area contributed by atoms with E-state index in [0.717, 1.165) is 22.5 Å². The van der Waals surface area contributed by atoms with E-state index >= 15 is 0 Å². The summed E-state index contributed by atoms with van der Waals surface area (Å²) in [6, 6.07) is 4.01. The second-order valence-corrected chi connectivity index (χ2v) is 8.05. The number of piperazine rings is 1. The molecule has 1 saturated heterocycles. The number of benzene rings is 1. The van der Waals surface area contributed by atoms with Crippen molar-refractivity contribution in [3.8, 4) is 0 Å². The second-order valence-electron chi connectivity index (χ2n) is 6.14. The van der Waals surface area contributed by atoms with Crippen LogP contribution in [-0.4, -0.2) is 53.4 Å². The first kappa shape index (κ1) is 20.1. The van der Waals surface area contributed by atoms with Gasteiger partial charge in [0.25, 0.3) is 0 Å². The first-order chi connectivity index (χ1) is 13.0. The average Bonchev–Trinajstić information content (AvgIpc) is 3.03. The summed E-state index contributed by atoms with van der Waals surface area (Å²) in [5, 5.41) is 11.1. The Morgan fingerprint density at radius 2 is 1.75 bits per heavy atom. The van der Waals surface area contributed by atoms with Crippen LogP contribution in [-0.2, 0) is 23.2 Å². The van der Waals surface area contributed by atoms with E-state index in [4.69, 9.17) is 0 Å². The number of sulfonamides is 1. The highest BCUT2D eigenvalue weighted by Gasteiger charge is 2.40. The molecule has 1 aromatic carbocycles. The van der Waals surface area contributed by atoms with Crippen molar-refractivity contribution < 1.29 is 26.5 Å². The molecule has 1 aliphatic heterocycles. The highest BCUT2D eigenvalue weighted by atomic mass is 32.2. The van der Waals surface area contributed by atoms with Gasteiger partial charge in [-0.05, 0) is 22.0 Å². The van der Waals surface area contributed by atoms with Crippen LogP contribution in [0.15, 0.2) is 35.5 Å². The SMILES string of the molecule is Cn1cnc([N+](=O)[O-])c1N1CCN(S(=O)(=O)c2ccccc2C(F)(F)F)CC1. The molecule has 152 valence electrons. The molecule has 0 unspecified atom stereocenters. The van der Waals surface area contributed by atoms with Gasteiger partial charge in [-0.2, -0.15) is 17.5 Å². The van der Waals surface area contributed by atoms with Crippen LogP contribution in [0.3, 0.4) is 0 Å². The Bertz CT molecular complexity index is 997. The standard InChI is InChI=1S/C15H16F3N5O4S/c1-20-10-19-13(23(24)25)14(20)21-6-8-22(9-7-21)28(26,27)12-5-3-2-4-11(12)15(16,17)18/h2-5,10H,6-9H2,1H3. The van der Waals surface area contributed by atoms with Gasteiger partial charge in [0.2, 0.25) is 22.2 Å². The lowest BCUT2D eigenvalue weighted by atomic mass is 10.2. The highest BCUT2D eigenvalue weighted by molar-refractivity contribution is 7.89. The number of rotatable bonds is 4. The zero-order valence-electron chi connectivity index (χ0n) is 14.6. The van der Waals surface area contributed by atoms with E-state index < -0.39 is 31.6 Å². The molecule has 0 spiro atoms. The van der Waals surface area contributed by atoms with Crippen LogP contribution in [0.1, 0.15) is 5.56 Å². The maximum atomic E-state index is 13.2. The highest BCUT2D eigenvalue weighted by Crippen LogP contribution is 2.35. The summed E-state index contributed by atoms with van der Waals surface area (Å²) >= 11 is 0. The van der Waals surface area contributed by atoms with E-state index in [1.807, 2.05) is 0 Å². The Morgan fingerprint density at radius 3 is 2.32 bits per heavy atom. The van der Waals surface area contributed by atoms with E-state index in [0.29, 0.717) is 0 Å². The topological polar surface area (TPSA) is 102 Å². The molecule has 0 radical (unpaired) electrons. The third-order valence-corrected chi connectivity index (χ3v) is 6.37. The largest absolute Gasteiger partial charge is 0.417 e. The van der Waals surface area contributed by atoms with Gasteiger partial charge in [0.05, 0.1) is 10.5 Å². The van der Waals surface area contributed by atoms with E-state index in [2.05, 4.69) is 4.98 Å². The van der Waals surface area contributed by atoms with Crippen molar-refractivity contribution >= 4 is 21.7 Å². The molecule has 1 aromatic heterocycles. The number of nitro groups is 1. The lowest BCUT2D eigenvalue weighted by molar-refractivity contribution is -0.388. The summed E-state index contributed by atoms with van der Waals surface area (Å²) in [6.07, 6.45) is -3.53. The van der Waals surface area contributed by atoms with Crippen molar-refractivity contribution in [2.45, 2.75) is 11.1 Å². The van der Waals surface area contributed by atoms with Crippen LogP contribution in [0, 0.1) is 10.1 Å². The van der Waals surface area contributed by atoms with Gasteiger partial charge in [0.1, 0.15) is 0 Å². The summed E-state index contributed by atoms with van der Waals surface area (Å²) in [4.78, 5) is 15.0. The second kappa shape index (κ2) is 7.05. The van der Waals surface area contributed by atoms with Gasteiger partial charge in [-0.1, -0.05) is 12.1 Å². The Labute approximate surface area is 158 Å². The quantitative estimate of drug-likeness (QED) is 0.554. The number of anilines is 1. The summed E-state index contributed by atoms with van der Waals surface area (Å²) in [7, 11) is -2.81. The maximum absolute atomic E-state index is 13.2. The van der Waals surface area contributed by atoms with E-state index in [1.165, 1.54) is 17.0 Å². The summed E-state index contributed by atoms with van der Waals surface area (Å²) in [5.41, 5.74) is -1.22. The van der Waals surface area contributed by atoms with Crippen LogP contribution in [0.2, 0.25) is 0 Å². The predicted octanol–water partition coefficient (Wildman–Crippen LogP) is 1.86. The number of hydrogen-bond acceptors (Lipinski definition) is 6. The minimum Gasteiger partial charge on any atom is -0.358 e. The van der Waals surface area contributed by atoms with Gasteiger partial charge >= 0.3 is 12.0 Å². The fourth-order valence-electron chi connectivity index (χ4n) is 3.11. The molecule has 2 aromatic rings. The average molecular weight is 419 g/mol. The molecule has 1 fully saturated rings. The van der Waals surface area contributed by atoms with Crippen molar-refractivity contribution in [1.82, 2.24) is 13.9 Å². The van der Waals surface area contributed by atoms with Crippen LogP contribution >= 0.6 is 0 Å².